The normalized spacial score (nSPS) is 21.8. The molecule has 3 rings (SSSR count). The number of ether oxygens (including phenoxy) is 2. The van der Waals surface area contributed by atoms with Crippen molar-refractivity contribution in [3.05, 3.63) is 42.5 Å². The van der Waals surface area contributed by atoms with E-state index in [2.05, 4.69) is 36.5 Å². The molecule has 3 heteroatoms. The molecule has 21 heavy (non-hydrogen) atoms. The van der Waals surface area contributed by atoms with Gasteiger partial charge in [-0.25, -0.2) is 0 Å². The van der Waals surface area contributed by atoms with Crippen LogP contribution in [-0.4, -0.2) is 31.9 Å². The van der Waals surface area contributed by atoms with E-state index < -0.39 is 0 Å². The lowest BCUT2D eigenvalue weighted by Gasteiger charge is -2.15. The van der Waals surface area contributed by atoms with Crippen molar-refractivity contribution in [2.75, 3.05) is 19.7 Å². The van der Waals surface area contributed by atoms with E-state index in [1.54, 1.807) is 0 Å². The molecule has 1 saturated heterocycles. The molecule has 0 aromatic heterocycles. The van der Waals surface area contributed by atoms with Crippen LogP contribution in [0.5, 0.6) is 5.75 Å². The van der Waals surface area contributed by atoms with Gasteiger partial charge in [0.1, 0.15) is 12.4 Å². The van der Waals surface area contributed by atoms with Crippen LogP contribution in [0.3, 0.4) is 0 Å². The molecule has 1 aliphatic rings. The Labute approximate surface area is 126 Å². The largest absolute Gasteiger partial charge is 0.490 e. The van der Waals surface area contributed by atoms with Gasteiger partial charge in [-0.2, -0.15) is 0 Å². The number of nitrogens with one attached hydrogen (secondary N) is 1. The third-order valence-corrected chi connectivity index (χ3v) is 3.99. The number of hydrogen-bond donors (Lipinski definition) is 1. The van der Waals surface area contributed by atoms with E-state index in [0.717, 1.165) is 31.7 Å². The van der Waals surface area contributed by atoms with Gasteiger partial charge < -0.3 is 14.8 Å². The smallest absolute Gasteiger partial charge is 0.127 e. The quantitative estimate of drug-likeness (QED) is 0.882. The van der Waals surface area contributed by atoms with Gasteiger partial charge in [0.2, 0.25) is 0 Å². The van der Waals surface area contributed by atoms with E-state index in [1.165, 1.54) is 10.8 Å². The minimum Gasteiger partial charge on any atom is -0.490 e. The van der Waals surface area contributed by atoms with Gasteiger partial charge in [0.05, 0.1) is 12.2 Å². The molecule has 112 valence electrons. The second-order valence-electron chi connectivity index (χ2n) is 5.55. The van der Waals surface area contributed by atoms with Gasteiger partial charge in [-0.05, 0) is 30.8 Å². The Hall–Kier alpha value is -1.58. The van der Waals surface area contributed by atoms with Crippen LogP contribution in [0.1, 0.15) is 19.8 Å². The summed E-state index contributed by atoms with van der Waals surface area (Å²) < 4.78 is 12.0. The van der Waals surface area contributed by atoms with Crippen molar-refractivity contribution < 1.29 is 9.47 Å². The highest BCUT2D eigenvalue weighted by Crippen LogP contribution is 2.26. The van der Waals surface area contributed by atoms with E-state index in [-0.39, 0.29) is 6.10 Å². The molecular weight excluding hydrogens is 262 g/mol. The molecule has 1 heterocycles. The van der Waals surface area contributed by atoms with Gasteiger partial charge >= 0.3 is 0 Å². The predicted molar refractivity (Wildman–Crippen MR) is 85.9 cm³/mol. The second kappa shape index (κ2) is 6.92. The maximum Gasteiger partial charge on any atom is 0.127 e. The lowest BCUT2D eigenvalue weighted by Crippen LogP contribution is -2.28. The molecule has 0 spiro atoms. The van der Waals surface area contributed by atoms with Crippen molar-refractivity contribution in [3.8, 4) is 5.75 Å². The summed E-state index contributed by atoms with van der Waals surface area (Å²) >= 11 is 0. The third kappa shape index (κ3) is 3.55. The first-order chi connectivity index (χ1) is 10.4. The highest BCUT2D eigenvalue weighted by atomic mass is 16.5. The predicted octanol–water partition coefficient (Wildman–Crippen LogP) is 3.38. The summed E-state index contributed by atoms with van der Waals surface area (Å²) in [5.41, 5.74) is 0. The van der Waals surface area contributed by atoms with E-state index in [4.69, 9.17) is 9.47 Å². The Morgan fingerprint density at radius 1 is 1.10 bits per heavy atom. The minimum atomic E-state index is 0.215. The van der Waals surface area contributed by atoms with Gasteiger partial charge in [0.15, 0.2) is 0 Å². The monoisotopic (exact) mass is 285 g/mol. The first-order valence-corrected chi connectivity index (χ1v) is 7.83. The number of fused-ring (bicyclic) bond motifs is 1. The molecule has 0 bridgehead atoms. The van der Waals surface area contributed by atoms with E-state index in [0.29, 0.717) is 12.7 Å². The summed E-state index contributed by atoms with van der Waals surface area (Å²) in [4.78, 5) is 0. The van der Waals surface area contributed by atoms with Gasteiger partial charge in [-0.15, -0.1) is 0 Å². The lowest BCUT2D eigenvalue weighted by atomic mass is 10.1. The molecule has 2 atom stereocenters. The molecule has 2 unspecified atom stereocenters. The summed E-state index contributed by atoms with van der Waals surface area (Å²) in [5, 5.41) is 5.73. The van der Waals surface area contributed by atoms with Crippen molar-refractivity contribution >= 4 is 10.8 Å². The van der Waals surface area contributed by atoms with Crippen molar-refractivity contribution in [1.29, 1.82) is 0 Å². The molecule has 1 N–H and O–H groups in total. The van der Waals surface area contributed by atoms with Crippen LogP contribution in [0, 0.1) is 0 Å². The Morgan fingerprint density at radius 2 is 1.90 bits per heavy atom. The Kier molecular flexibility index (Phi) is 4.73. The highest BCUT2D eigenvalue weighted by molar-refractivity contribution is 5.88. The lowest BCUT2D eigenvalue weighted by molar-refractivity contribution is 0.0191. The standard InChI is InChI=1S/C18H23NO2/c1-2-19-12-15-10-11-16(21-15)13-20-18-9-5-7-14-6-3-4-8-17(14)18/h3-9,15-16,19H,2,10-13H2,1H3. The van der Waals surface area contributed by atoms with Crippen LogP contribution in [0.25, 0.3) is 10.8 Å². The molecule has 0 radical (unpaired) electrons. The molecule has 0 saturated carbocycles. The third-order valence-electron chi connectivity index (χ3n) is 3.99. The number of rotatable bonds is 6. The van der Waals surface area contributed by atoms with Gasteiger partial charge in [0, 0.05) is 11.9 Å². The Balaban J connectivity index is 1.58. The SMILES string of the molecule is CCNCC1CCC(COc2cccc3ccccc23)O1. The molecule has 1 aliphatic heterocycles. The Bertz CT molecular complexity index is 579. The van der Waals surface area contributed by atoms with Crippen LogP contribution in [0.4, 0.5) is 0 Å². The maximum atomic E-state index is 6.01. The summed E-state index contributed by atoms with van der Waals surface area (Å²) in [6, 6.07) is 14.5. The number of benzene rings is 2. The highest BCUT2D eigenvalue weighted by Gasteiger charge is 2.25. The van der Waals surface area contributed by atoms with Crippen molar-refractivity contribution in [2.24, 2.45) is 0 Å². The van der Waals surface area contributed by atoms with Gasteiger partial charge in [-0.1, -0.05) is 43.3 Å². The van der Waals surface area contributed by atoms with Crippen molar-refractivity contribution in [1.82, 2.24) is 5.32 Å². The summed E-state index contributed by atoms with van der Waals surface area (Å²) in [5.74, 6) is 0.951. The van der Waals surface area contributed by atoms with Crippen LogP contribution < -0.4 is 10.1 Å². The van der Waals surface area contributed by atoms with Crippen LogP contribution >= 0.6 is 0 Å². The first kappa shape index (κ1) is 14.4. The minimum absolute atomic E-state index is 0.215. The fourth-order valence-electron chi connectivity index (χ4n) is 2.86. The van der Waals surface area contributed by atoms with Gasteiger partial charge in [0.25, 0.3) is 0 Å². The molecule has 1 fully saturated rings. The zero-order chi connectivity index (χ0) is 14.5. The summed E-state index contributed by atoms with van der Waals surface area (Å²) in [6.45, 7) is 4.70. The van der Waals surface area contributed by atoms with Crippen molar-refractivity contribution in [3.63, 3.8) is 0 Å². The summed E-state index contributed by atoms with van der Waals surface area (Å²) in [6.07, 6.45) is 2.76. The fourth-order valence-corrected chi connectivity index (χ4v) is 2.86. The molecule has 2 aromatic carbocycles. The number of likely N-dealkylation sites (N-methyl/N-ethyl adjacent to an activating group) is 1. The molecule has 2 aromatic rings. The molecule has 0 amide bonds. The zero-order valence-electron chi connectivity index (χ0n) is 12.5. The average Bonchev–Trinajstić information content (AvgIpc) is 2.99. The van der Waals surface area contributed by atoms with Crippen LogP contribution in [0.2, 0.25) is 0 Å². The van der Waals surface area contributed by atoms with Crippen molar-refractivity contribution in [2.45, 2.75) is 32.0 Å². The maximum absolute atomic E-state index is 6.01. The van der Waals surface area contributed by atoms with E-state index in [9.17, 15) is 0 Å². The first-order valence-electron chi connectivity index (χ1n) is 7.83. The second-order valence-corrected chi connectivity index (χ2v) is 5.55. The Morgan fingerprint density at radius 3 is 2.81 bits per heavy atom. The van der Waals surface area contributed by atoms with Gasteiger partial charge in [-0.3, -0.25) is 0 Å². The van der Waals surface area contributed by atoms with E-state index in [1.807, 2.05) is 18.2 Å². The topological polar surface area (TPSA) is 30.5 Å². The van der Waals surface area contributed by atoms with Crippen LogP contribution in [-0.2, 0) is 4.74 Å². The number of hydrogen-bond acceptors (Lipinski definition) is 3. The summed E-state index contributed by atoms with van der Waals surface area (Å²) in [7, 11) is 0. The molecule has 3 nitrogen and oxygen atoms in total. The average molecular weight is 285 g/mol. The molecule has 0 aliphatic carbocycles. The van der Waals surface area contributed by atoms with Crippen LogP contribution in [0.15, 0.2) is 42.5 Å². The molecular formula is C18H23NO2. The van der Waals surface area contributed by atoms with E-state index >= 15 is 0 Å². The fraction of sp³-hybridized carbons (Fsp3) is 0.444. The zero-order valence-corrected chi connectivity index (χ0v) is 12.5.